The van der Waals surface area contributed by atoms with E-state index >= 15 is 0 Å². The van der Waals surface area contributed by atoms with Gasteiger partial charge in [0.25, 0.3) is 6.71 Å². The van der Waals surface area contributed by atoms with Gasteiger partial charge in [-0.2, -0.15) is 0 Å². The third kappa shape index (κ3) is 10.8. The normalized spacial score (nSPS) is 12.9. The van der Waals surface area contributed by atoms with Gasteiger partial charge < -0.3 is 19.4 Å². The van der Waals surface area contributed by atoms with Gasteiger partial charge >= 0.3 is 0 Å². The van der Waals surface area contributed by atoms with E-state index in [1.54, 1.807) is 0 Å². The molecule has 4 nitrogen and oxygen atoms in total. The summed E-state index contributed by atoms with van der Waals surface area (Å²) in [6.45, 7) is 27.2. The summed E-state index contributed by atoms with van der Waals surface area (Å²) in [7, 11) is 0. The Morgan fingerprint density at radius 1 is 0.299 bits per heavy atom. The van der Waals surface area contributed by atoms with Gasteiger partial charge in [0.15, 0.2) is 0 Å². The number of anilines is 9. The molecule has 11 aromatic carbocycles. The van der Waals surface area contributed by atoms with Crippen molar-refractivity contribution in [1.29, 1.82) is 0 Å². The summed E-state index contributed by atoms with van der Waals surface area (Å²) in [4.78, 5) is 7.41. The molecule has 0 atom stereocenters. The highest BCUT2D eigenvalue weighted by Crippen LogP contribution is 2.52. The van der Waals surface area contributed by atoms with Gasteiger partial charge in [-0.1, -0.05) is 253 Å². The average molecular weight is 1130 g/mol. The second-order valence-corrected chi connectivity index (χ2v) is 27.9. The Morgan fingerprint density at radius 3 is 1.07 bits per heavy atom. The number of benzene rings is 11. The Morgan fingerprint density at radius 2 is 0.667 bits per heavy atom. The molecule has 2 aliphatic heterocycles. The predicted molar refractivity (Wildman–Crippen MR) is 373 cm³/mol. The van der Waals surface area contributed by atoms with Crippen LogP contribution in [0.4, 0.5) is 51.2 Å². The molecule has 0 saturated heterocycles. The first-order valence-electron chi connectivity index (χ1n) is 30.9. The minimum atomic E-state index is -0.196. The minimum absolute atomic E-state index is 0.00799. The van der Waals surface area contributed by atoms with Crippen molar-refractivity contribution in [2.24, 2.45) is 0 Å². The summed E-state index contributed by atoms with van der Waals surface area (Å²) in [6.07, 6.45) is 0. The highest BCUT2D eigenvalue weighted by molar-refractivity contribution is 6.99. The van der Waals surface area contributed by atoms with Crippen LogP contribution in [0.25, 0.3) is 33.4 Å². The number of nitrogens with zero attached hydrogens (tertiary/aromatic N) is 3. The van der Waals surface area contributed by atoms with Crippen LogP contribution >= 0.6 is 0 Å². The molecule has 0 bridgehead atoms. The van der Waals surface area contributed by atoms with Gasteiger partial charge in [-0.3, -0.25) is 0 Å². The first-order valence-corrected chi connectivity index (χ1v) is 30.9. The Balaban J connectivity index is 1.09. The fraction of sp³-hybridized carbons (Fsp3) is 0.195. The molecular formula is C82H78BN3O. The topological polar surface area (TPSA) is 19.0 Å². The smallest absolute Gasteiger partial charge is 0.256 e. The SMILES string of the molecule is CC(C)(C)c1ccc(N(c2ccc(C(C)(C)C)cc2)c2ccc3c(c2)Oc2cc(-c4ccccc4)cc4c2B3c2ccc(N(c3ccc(C(C)(C)C)cc3)c3ccc(C(C)(C)C)cc3)cc2N4c2c(-c3ccccc3)cccc2-c2ccccc2)cc1. The largest absolute Gasteiger partial charge is 0.458 e. The van der Waals surface area contributed by atoms with Crippen LogP contribution in [0.2, 0.25) is 0 Å². The van der Waals surface area contributed by atoms with Gasteiger partial charge in [-0.15, -0.1) is 0 Å². The van der Waals surface area contributed by atoms with Crippen molar-refractivity contribution in [3.05, 3.63) is 277 Å². The van der Waals surface area contributed by atoms with Crippen LogP contribution in [0.3, 0.4) is 0 Å². The van der Waals surface area contributed by atoms with Crippen molar-refractivity contribution in [2.45, 2.75) is 105 Å². The minimum Gasteiger partial charge on any atom is -0.458 e. The summed E-state index contributed by atoms with van der Waals surface area (Å²) in [6, 6.07) is 94.9. The van der Waals surface area contributed by atoms with Crippen molar-refractivity contribution >= 4 is 74.3 Å². The van der Waals surface area contributed by atoms with Crippen LogP contribution in [0.5, 0.6) is 11.5 Å². The van der Waals surface area contributed by atoms with Gasteiger partial charge in [0.2, 0.25) is 0 Å². The molecule has 0 aromatic heterocycles. The molecule has 87 heavy (non-hydrogen) atoms. The number of hydrogen-bond acceptors (Lipinski definition) is 4. The molecule has 0 fully saturated rings. The van der Waals surface area contributed by atoms with E-state index in [2.05, 4.69) is 353 Å². The van der Waals surface area contributed by atoms with E-state index in [0.29, 0.717) is 0 Å². The van der Waals surface area contributed by atoms with Gasteiger partial charge in [-0.05, 0) is 161 Å². The fourth-order valence-electron chi connectivity index (χ4n) is 12.9. The molecule has 2 aliphatic rings. The number of rotatable bonds is 10. The Labute approximate surface area is 517 Å². The lowest BCUT2D eigenvalue weighted by molar-refractivity contribution is 0.488. The summed E-state index contributed by atoms with van der Waals surface area (Å²) in [5.74, 6) is 1.68. The zero-order valence-electron chi connectivity index (χ0n) is 52.6. The van der Waals surface area contributed by atoms with Crippen molar-refractivity contribution in [3.63, 3.8) is 0 Å². The maximum Gasteiger partial charge on any atom is 0.256 e. The van der Waals surface area contributed by atoms with Gasteiger partial charge in [0.1, 0.15) is 11.5 Å². The number of fused-ring (bicyclic) bond motifs is 4. The molecule has 11 aromatic rings. The van der Waals surface area contributed by atoms with Crippen LogP contribution in [0.15, 0.2) is 255 Å². The van der Waals surface area contributed by atoms with Gasteiger partial charge in [-0.25, -0.2) is 0 Å². The van der Waals surface area contributed by atoms with E-state index in [-0.39, 0.29) is 28.4 Å². The zero-order chi connectivity index (χ0) is 60.6. The summed E-state index contributed by atoms with van der Waals surface area (Å²) >= 11 is 0. The van der Waals surface area contributed by atoms with Crippen molar-refractivity contribution < 1.29 is 4.74 Å². The lowest BCUT2D eigenvalue weighted by atomic mass is 9.34. The van der Waals surface area contributed by atoms with E-state index in [1.165, 1.54) is 27.7 Å². The molecule has 13 rings (SSSR count). The van der Waals surface area contributed by atoms with E-state index in [1.807, 2.05) is 0 Å². The standard InChI is InChI=1S/C82H78BN3O/c1-79(2,3)59-31-39-63(40-32-59)84(64-41-33-60(34-42-64)80(4,5)6)67-47-49-71-73(53-67)86(78-69(56-25-18-14-19-26-56)29-22-30-70(78)57-27-20-15-21-28-57)74-51-58(55-23-16-13-17-24-55)52-76-77(74)83(71)72-50-48-68(54-75(72)87-76)85(65-43-35-61(36-44-65)81(7,8)9)66-45-37-62(38-46-66)82(10,11)12/h13-54H,1-12H3. The quantitative estimate of drug-likeness (QED) is 0.127. The molecule has 0 radical (unpaired) electrons. The number of para-hydroxylation sites is 1. The molecule has 5 heteroatoms. The van der Waals surface area contributed by atoms with Gasteiger partial charge in [0, 0.05) is 62.7 Å². The Bertz CT molecular complexity index is 4130. The van der Waals surface area contributed by atoms with E-state index in [0.717, 1.165) is 107 Å². The number of ether oxygens (including phenoxy) is 1. The first kappa shape index (κ1) is 56.8. The zero-order valence-corrected chi connectivity index (χ0v) is 52.6. The molecule has 0 spiro atoms. The predicted octanol–water partition coefficient (Wildman–Crippen LogP) is 21.2. The van der Waals surface area contributed by atoms with E-state index in [9.17, 15) is 0 Å². The highest BCUT2D eigenvalue weighted by atomic mass is 16.5. The van der Waals surface area contributed by atoms with E-state index in [4.69, 9.17) is 4.74 Å². The Hall–Kier alpha value is -9.32. The van der Waals surface area contributed by atoms with Crippen LogP contribution in [0.1, 0.15) is 105 Å². The summed E-state index contributed by atoms with van der Waals surface area (Å²) < 4.78 is 7.59. The van der Waals surface area contributed by atoms with Crippen LogP contribution in [-0.2, 0) is 21.7 Å². The van der Waals surface area contributed by atoms with E-state index < -0.39 is 0 Å². The second kappa shape index (κ2) is 21.9. The van der Waals surface area contributed by atoms with Crippen LogP contribution in [-0.4, -0.2) is 6.71 Å². The molecule has 0 N–H and O–H groups in total. The van der Waals surface area contributed by atoms with Crippen LogP contribution < -0.4 is 35.8 Å². The molecular weight excluding hydrogens is 1050 g/mol. The monoisotopic (exact) mass is 1130 g/mol. The lowest BCUT2D eigenvalue weighted by Crippen LogP contribution is -2.59. The Kier molecular flexibility index (Phi) is 14.3. The summed E-state index contributed by atoms with van der Waals surface area (Å²) in [5.41, 5.74) is 25.0. The third-order valence-corrected chi connectivity index (χ3v) is 17.8. The van der Waals surface area contributed by atoms with Gasteiger partial charge in [0.05, 0.1) is 5.69 Å². The lowest BCUT2D eigenvalue weighted by Gasteiger charge is -2.42. The first-order chi connectivity index (χ1) is 41.7. The molecule has 430 valence electrons. The van der Waals surface area contributed by atoms with Crippen molar-refractivity contribution in [3.8, 4) is 44.9 Å². The maximum absolute atomic E-state index is 7.59. The molecule has 0 aliphatic carbocycles. The van der Waals surface area contributed by atoms with Crippen LogP contribution in [0, 0.1) is 0 Å². The third-order valence-electron chi connectivity index (χ3n) is 17.8. The second-order valence-electron chi connectivity index (χ2n) is 27.9. The molecule has 0 unspecified atom stereocenters. The van der Waals surface area contributed by atoms with Crippen molar-refractivity contribution in [2.75, 3.05) is 14.7 Å². The maximum atomic E-state index is 7.59. The summed E-state index contributed by atoms with van der Waals surface area (Å²) in [5, 5.41) is 0. The average Bonchev–Trinajstić information content (AvgIpc) is 0.748. The molecule has 0 amide bonds. The number of hydrogen-bond donors (Lipinski definition) is 0. The molecule has 0 saturated carbocycles. The van der Waals surface area contributed by atoms with Crippen molar-refractivity contribution in [1.82, 2.24) is 0 Å². The highest BCUT2D eigenvalue weighted by Gasteiger charge is 2.44. The molecule has 2 heterocycles. The fourth-order valence-corrected chi connectivity index (χ4v) is 12.9.